The van der Waals surface area contributed by atoms with Crippen LogP contribution in [0.5, 0.6) is 0 Å². The molecular formula is C16H25N2O5P. The average Bonchev–Trinajstić information content (AvgIpc) is 2.53. The SMILES string of the molecule is COC(=O)N(Cc1ccc(CP(=O)(O)O)cc1)C1CCC(N)CC1. The predicted molar refractivity (Wildman–Crippen MR) is 90.4 cm³/mol. The monoisotopic (exact) mass is 356 g/mol. The number of rotatable bonds is 5. The Morgan fingerprint density at radius 2 is 1.75 bits per heavy atom. The Kier molecular flexibility index (Phi) is 6.40. The number of hydrogen-bond acceptors (Lipinski definition) is 4. The standard InChI is InChI=1S/C16H25N2O5P/c1-23-16(19)18(15-8-6-14(17)7-9-15)10-12-2-4-13(5-3-12)11-24(20,21)22/h2-5,14-15H,6-11,17H2,1H3,(H2,20,21,22). The van der Waals surface area contributed by atoms with Crippen LogP contribution in [0.1, 0.15) is 36.8 Å². The number of benzene rings is 1. The summed E-state index contributed by atoms with van der Waals surface area (Å²) in [5.74, 6) is 0. The lowest BCUT2D eigenvalue weighted by Crippen LogP contribution is -2.43. The van der Waals surface area contributed by atoms with E-state index in [1.165, 1.54) is 7.11 Å². The summed E-state index contributed by atoms with van der Waals surface area (Å²) in [6.07, 6.45) is 2.83. The van der Waals surface area contributed by atoms with E-state index in [0.717, 1.165) is 31.2 Å². The first-order chi connectivity index (χ1) is 11.3. The van der Waals surface area contributed by atoms with Crippen LogP contribution in [0, 0.1) is 0 Å². The van der Waals surface area contributed by atoms with E-state index >= 15 is 0 Å². The molecule has 1 saturated carbocycles. The lowest BCUT2D eigenvalue weighted by molar-refractivity contribution is 0.0879. The number of methoxy groups -OCH3 is 1. The first-order valence-electron chi connectivity index (χ1n) is 8.01. The van der Waals surface area contributed by atoms with E-state index in [2.05, 4.69) is 0 Å². The molecule has 1 aromatic carbocycles. The van der Waals surface area contributed by atoms with Crippen molar-refractivity contribution < 1.29 is 23.9 Å². The molecule has 0 radical (unpaired) electrons. The lowest BCUT2D eigenvalue weighted by atomic mass is 9.90. The zero-order chi connectivity index (χ0) is 17.7. The Morgan fingerprint density at radius 3 is 2.25 bits per heavy atom. The van der Waals surface area contributed by atoms with Crippen LogP contribution in [0.15, 0.2) is 24.3 Å². The largest absolute Gasteiger partial charge is 0.453 e. The van der Waals surface area contributed by atoms with Gasteiger partial charge in [0.05, 0.1) is 13.3 Å². The number of ether oxygens (including phenoxy) is 1. The van der Waals surface area contributed by atoms with E-state index in [9.17, 15) is 9.36 Å². The normalized spacial score (nSPS) is 21.3. The number of nitrogens with zero attached hydrogens (tertiary/aromatic N) is 1. The van der Waals surface area contributed by atoms with Crippen molar-refractivity contribution >= 4 is 13.7 Å². The van der Waals surface area contributed by atoms with Gasteiger partial charge in [-0.3, -0.25) is 4.57 Å². The molecular weight excluding hydrogens is 331 g/mol. The first kappa shape index (κ1) is 18.9. The highest BCUT2D eigenvalue weighted by molar-refractivity contribution is 7.50. The second-order valence-corrected chi connectivity index (χ2v) is 7.95. The van der Waals surface area contributed by atoms with Crippen molar-refractivity contribution in [2.45, 2.75) is 50.5 Å². The molecule has 0 bridgehead atoms. The smallest absolute Gasteiger partial charge is 0.410 e. The molecule has 134 valence electrons. The molecule has 1 aliphatic rings. The van der Waals surface area contributed by atoms with Crippen LogP contribution in [0.3, 0.4) is 0 Å². The molecule has 24 heavy (non-hydrogen) atoms. The third-order valence-electron chi connectivity index (χ3n) is 4.36. The molecule has 0 atom stereocenters. The Labute approximate surface area is 142 Å². The Balaban J connectivity index is 2.06. The second-order valence-electron chi connectivity index (χ2n) is 6.31. The minimum atomic E-state index is -4.08. The fourth-order valence-electron chi connectivity index (χ4n) is 3.06. The summed E-state index contributed by atoms with van der Waals surface area (Å²) in [7, 11) is -2.71. The highest BCUT2D eigenvalue weighted by Gasteiger charge is 2.28. The Hall–Kier alpha value is -1.40. The van der Waals surface area contributed by atoms with Crippen LogP contribution in [-0.2, 0) is 22.0 Å². The first-order valence-corrected chi connectivity index (χ1v) is 9.81. The molecule has 7 nitrogen and oxygen atoms in total. The molecule has 2 rings (SSSR count). The quantitative estimate of drug-likeness (QED) is 0.697. The molecule has 1 fully saturated rings. The maximum atomic E-state index is 12.1. The van der Waals surface area contributed by atoms with Gasteiger partial charge in [-0.15, -0.1) is 0 Å². The van der Waals surface area contributed by atoms with Gasteiger partial charge in [-0.2, -0.15) is 0 Å². The minimum absolute atomic E-state index is 0.104. The Bertz CT molecular complexity index is 593. The average molecular weight is 356 g/mol. The minimum Gasteiger partial charge on any atom is -0.453 e. The zero-order valence-electron chi connectivity index (χ0n) is 13.8. The summed E-state index contributed by atoms with van der Waals surface area (Å²) in [5.41, 5.74) is 7.39. The second kappa shape index (κ2) is 8.12. The van der Waals surface area contributed by atoms with Gasteiger partial charge in [0.1, 0.15) is 0 Å². The predicted octanol–water partition coefficient (Wildman–Crippen LogP) is 2.20. The number of nitrogens with two attached hydrogens (primary N) is 1. The van der Waals surface area contributed by atoms with Crippen LogP contribution in [-0.4, -0.2) is 40.0 Å². The van der Waals surface area contributed by atoms with Gasteiger partial charge in [-0.1, -0.05) is 24.3 Å². The van der Waals surface area contributed by atoms with Crippen molar-refractivity contribution in [3.05, 3.63) is 35.4 Å². The van der Waals surface area contributed by atoms with Gasteiger partial charge in [0.25, 0.3) is 0 Å². The highest BCUT2D eigenvalue weighted by atomic mass is 31.2. The Morgan fingerprint density at radius 1 is 1.21 bits per heavy atom. The third-order valence-corrected chi connectivity index (χ3v) is 5.13. The van der Waals surface area contributed by atoms with Crippen molar-refractivity contribution in [1.82, 2.24) is 4.90 Å². The summed E-state index contributed by atoms with van der Waals surface area (Å²) >= 11 is 0. The maximum absolute atomic E-state index is 12.1. The fourth-order valence-corrected chi connectivity index (χ4v) is 3.74. The maximum Gasteiger partial charge on any atom is 0.410 e. The van der Waals surface area contributed by atoms with Gasteiger partial charge in [0.2, 0.25) is 0 Å². The van der Waals surface area contributed by atoms with Gasteiger partial charge >= 0.3 is 13.7 Å². The van der Waals surface area contributed by atoms with E-state index in [-0.39, 0.29) is 24.3 Å². The van der Waals surface area contributed by atoms with Gasteiger partial charge in [0.15, 0.2) is 0 Å². The summed E-state index contributed by atoms with van der Waals surface area (Å²) in [5, 5.41) is 0. The van der Waals surface area contributed by atoms with Crippen molar-refractivity contribution in [2.24, 2.45) is 5.73 Å². The van der Waals surface area contributed by atoms with Crippen LogP contribution in [0.25, 0.3) is 0 Å². The summed E-state index contributed by atoms with van der Waals surface area (Å²) in [6, 6.07) is 7.24. The van der Waals surface area contributed by atoms with Crippen molar-refractivity contribution in [3.63, 3.8) is 0 Å². The van der Waals surface area contributed by atoms with E-state index in [4.69, 9.17) is 20.3 Å². The van der Waals surface area contributed by atoms with Crippen LogP contribution in [0.4, 0.5) is 4.79 Å². The van der Waals surface area contributed by atoms with Gasteiger partial charge in [0, 0.05) is 18.6 Å². The van der Waals surface area contributed by atoms with E-state index in [1.807, 2.05) is 0 Å². The van der Waals surface area contributed by atoms with E-state index in [0.29, 0.717) is 12.1 Å². The summed E-state index contributed by atoms with van der Waals surface area (Å²) in [6.45, 7) is 0.406. The third kappa shape index (κ3) is 5.60. The van der Waals surface area contributed by atoms with Crippen LogP contribution < -0.4 is 5.73 Å². The molecule has 0 aliphatic heterocycles. The summed E-state index contributed by atoms with van der Waals surface area (Å²) in [4.78, 5) is 31.9. The molecule has 1 aliphatic carbocycles. The molecule has 0 spiro atoms. The van der Waals surface area contributed by atoms with E-state index in [1.54, 1.807) is 29.2 Å². The van der Waals surface area contributed by atoms with Crippen LogP contribution in [0.2, 0.25) is 0 Å². The van der Waals surface area contributed by atoms with Gasteiger partial charge < -0.3 is 25.2 Å². The highest BCUT2D eigenvalue weighted by Crippen LogP contribution is 2.39. The molecule has 0 unspecified atom stereocenters. The van der Waals surface area contributed by atoms with E-state index < -0.39 is 7.60 Å². The number of carbonyl (C=O) groups is 1. The molecule has 0 aromatic heterocycles. The van der Waals surface area contributed by atoms with Gasteiger partial charge in [-0.25, -0.2) is 4.79 Å². The topological polar surface area (TPSA) is 113 Å². The van der Waals surface area contributed by atoms with Crippen molar-refractivity contribution in [3.8, 4) is 0 Å². The summed E-state index contributed by atoms with van der Waals surface area (Å²) < 4.78 is 15.9. The van der Waals surface area contributed by atoms with Crippen LogP contribution >= 0.6 is 7.60 Å². The van der Waals surface area contributed by atoms with Gasteiger partial charge in [-0.05, 0) is 36.8 Å². The number of amides is 1. The fraction of sp³-hybridized carbons (Fsp3) is 0.562. The lowest BCUT2D eigenvalue weighted by Gasteiger charge is -2.35. The molecule has 8 heteroatoms. The molecule has 0 saturated heterocycles. The number of carbonyl (C=O) groups excluding carboxylic acids is 1. The van der Waals surface area contributed by atoms with Crippen molar-refractivity contribution in [1.29, 1.82) is 0 Å². The van der Waals surface area contributed by atoms with Crippen molar-refractivity contribution in [2.75, 3.05) is 7.11 Å². The molecule has 0 heterocycles. The molecule has 1 amide bonds. The number of hydrogen-bond donors (Lipinski definition) is 3. The molecule has 4 N–H and O–H groups in total. The zero-order valence-corrected chi connectivity index (χ0v) is 14.7. The molecule has 1 aromatic rings.